The molecule has 0 atom stereocenters. The van der Waals surface area contributed by atoms with Gasteiger partial charge in [-0.3, -0.25) is 5.10 Å². The molecular weight excluding hydrogens is 404 g/mol. The molecule has 1 aromatic carbocycles. The third-order valence-corrected chi connectivity index (χ3v) is 5.00. The first kappa shape index (κ1) is 14.6. The maximum atomic E-state index is 5.56. The fourth-order valence-electron chi connectivity index (χ4n) is 2.51. The van der Waals surface area contributed by atoms with Gasteiger partial charge in [0.2, 0.25) is 10.8 Å². The van der Waals surface area contributed by atoms with E-state index in [-0.39, 0.29) is 0 Å². The van der Waals surface area contributed by atoms with Crippen molar-refractivity contribution < 1.29 is 4.42 Å². The lowest BCUT2D eigenvalue weighted by Gasteiger charge is -1.93. The molecule has 0 bridgehead atoms. The average molecular weight is 413 g/mol. The van der Waals surface area contributed by atoms with Crippen molar-refractivity contribution >= 4 is 32.2 Å². The van der Waals surface area contributed by atoms with Crippen LogP contribution in [0.1, 0.15) is 0 Å². The molecule has 9 heteroatoms. The monoisotopic (exact) mass is 412 g/mol. The quantitative estimate of drug-likeness (QED) is 0.478. The molecule has 1 N–H and O–H groups in total. The smallest absolute Gasteiger partial charge is 0.235 e. The van der Waals surface area contributed by atoms with Gasteiger partial charge in [0.15, 0.2) is 15.4 Å². The lowest BCUT2D eigenvalue weighted by Crippen LogP contribution is -1.90. The predicted octanol–water partition coefficient (Wildman–Crippen LogP) is 4.27. The molecular formula is C16H9BrN6OS. The zero-order chi connectivity index (χ0) is 16.8. The minimum atomic E-state index is 0.609. The zero-order valence-electron chi connectivity index (χ0n) is 12.5. The second kappa shape index (κ2) is 5.64. The van der Waals surface area contributed by atoms with Crippen molar-refractivity contribution in [1.82, 2.24) is 30.0 Å². The Labute approximate surface area is 153 Å². The number of aromatic amines is 1. The molecule has 5 aromatic rings. The van der Waals surface area contributed by atoms with Crippen molar-refractivity contribution in [2.24, 2.45) is 0 Å². The SMILES string of the molecule is Brc1ccc(-c2nn3c(-c4cc(-c5ccccc5)n[nH]4)nnc3s2)o1. The standard InChI is InChI=1S/C16H9BrN6OS/c17-13-7-6-12(24-13)15-22-23-14(20-21-16(23)25-15)11-8-10(18-19-11)9-4-2-1-3-5-9/h1-8H,(H,18,19). The van der Waals surface area contributed by atoms with Crippen LogP contribution in [0, 0.1) is 0 Å². The van der Waals surface area contributed by atoms with Crippen LogP contribution in [0.4, 0.5) is 0 Å². The molecule has 0 aliphatic carbocycles. The molecule has 0 saturated heterocycles. The summed E-state index contributed by atoms with van der Waals surface area (Å²) in [6.07, 6.45) is 0. The number of fused-ring (bicyclic) bond motifs is 1. The average Bonchev–Trinajstić information content (AvgIpc) is 3.38. The molecule has 0 aliphatic rings. The summed E-state index contributed by atoms with van der Waals surface area (Å²) in [5, 5.41) is 21.1. The third-order valence-electron chi connectivity index (χ3n) is 3.66. The molecule has 25 heavy (non-hydrogen) atoms. The van der Waals surface area contributed by atoms with Crippen LogP contribution in [0.25, 0.3) is 38.5 Å². The lowest BCUT2D eigenvalue weighted by molar-refractivity contribution is 0.554. The number of benzene rings is 1. The van der Waals surface area contributed by atoms with Gasteiger partial charge >= 0.3 is 0 Å². The van der Waals surface area contributed by atoms with E-state index in [4.69, 9.17) is 4.42 Å². The van der Waals surface area contributed by atoms with Gasteiger partial charge in [0.1, 0.15) is 5.69 Å². The molecule has 0 spiro atoms. The molecule has 5 rings (SSSR count). The van der Waals surface area contributed by atoms with Crippen LogP contribution in [-0.2, 0) is 0 Å². The largest absolute Gasteiger partial charge is 0.447 e. The summed E-state index contributed by atoms with van der Waals surface area (Å²) in [4.78, 5) is 0.688. The van der Waals surface area contributed by atoms with Gasteiger partial charge in [-0.15, -0.1) is 15.3 Å². The van der Waals surface area contributed by atoms with Gasteiger partial charge in [0, 0.05) is 5.56 Å². The van der Waals surface area contributed by atoms with E-state index in [1.54, 1.807) is 4.52 Å². The molecule has 0 amide bonds. The summed E-state index contributed by atoms with van der Waals surface area (Å²) in [7, 11) is 0. The molecule has 122 valence electrons. The summed E-state index contributed by atoms with van der Waals surface area (Å²) in [6.45, 7) is 0. The van der Waals surface area contributed by atoms with Crippen LogP contribution in [0.15, 0.2) is 57.6 Å². The van der Waals surface area contributed by atoms with E-state index < -0.39 is 0 Å². The predicted molar refractivity (Wildman–Crippen MR) is 97.1 cm³/mol. The lowest BCUT2D eigenvalue weighted by atomic mass is 10.1. The van der Waals surface area contributed by atoms with Crippen LogP contribution >= 0.6 is 27.3 Å². The number of nitrogens with zero attached hydrogens (tertiary/aromatic N) is 5. The summed E-state index contributed by atoms with van der Waals surface area (Å²) in [5.41, 5.74) is 2.63. The summed E-state index contributed by atoms with van der Waals surface area (Å²) in [6, 6.07) is 15.6. The van der Waals surface area contributed by atoms with Crippen molar-refractivity contribution in [2.75, 3.05) is 0 Å². The van der Waals surface area contributed by atoms with Crippen LogP contribution in [0.2, 0.25) is 0 Å². The Kier molecular flexibility index (Phi) is 3.28. The van der Waals surface area contributed by atoms with Crippen molar-refractivity contribution in [1.29, 1.82) is 0 Å². The van der Waals surface area contributed by atoms with Crippen LogP contribution in [-0.4, -0.2) is 30.0 Å². The summed E-state index contributed by atoms with van der Waals surface area (Å²) in [5.74, 6) is 1.29. The zero-order valence-corrected chi connectivity index (χ0v) is 15.0. The fraction of sp³-hybridized carbons (Fsp3) is 0. The number of nitrogens with one attached hydrogen (secondary N) is 1. The number of H-pyrrole nitrogens is 1. The molecule has 4 heterocycles. The van der Waals surface area contributed by atoms with Crippen LogP contribution < -0.4 is 0 Å². The number of furan rings is 1. The highest BCUT2D eigenvalue weighted by Crippen LogP contribution is 2.30. The Morgan fingerprint density at radius 1 is 1.08 bits per heavy atom. The van der Waals surface area contributed by atoms with Gasteiger partial charge in [-0.05, 0) is 34.1 Å². The van der Waals surface area contributed by atoms with Crippen LogP contribution in [0.3, 0.4) is 0 Å². The number of hydrogen-bond acceptors (Lipinski definition) is 6. The van der Waals surface area contributed by atoms with E-state index in [1.165, 1.54) is 11.3 Å². The fourth-order valence-corrected chi connectivity index (χ4v) is 3.61. The van der Waals surface area contributed by atoms with E-state index in [9.17, 15) is 0 Å². The highest BCUT2D eigenvalue weighted by atomic mass is 79.9. The number of aromatic nitrogens is 6. The van der Waals surface area contributed by atoms with Gasteiger partial charge in [0.25, 0.3) is 0 Å². The third kappa shape index (κ3) is 2.48. The van der Waals surface area contributed by atoms with Gasteiger partial charge < -0.3 is 4.42 Å². The molecule has 0 saturated carbocycles. The molecule has 4 aromatic heterocycles. The number of halogens is 1. The first-order valence-electron chi connectivity index (χ1n) is 7.37. The van der Waals surface area contributed by atoms with Crippen molar-refractivity contribution in [3.8, 4) is 33.5 Å². The highest BCUT2D eigenvalue weighted by Gasteiger charge is 2.18. The molecule has 0 unspecified atom stereocenters. The van der Waals surface area contributed by atoms with Gasteiger partial charge in [0.05, 0.1) is 5.69 Å². The number of hydrogen-bond donors (Lipinski definition) is 1. The maximum Gasteiger partial charge on any atom is 0.235 e. The summed E-state index contributed by atoms with van der Waals surface area (Å²) < 4.78 is 7.91. The Morgan fingerprint density at radius 3 is 2.76 bits per heavy atom. The maximum absolute atomic E-state index is 5.56. The Balaban J connectivity index is 1.57. The van der Waals surface area contributed by atoms with E-state index >= 15 is 0 Å². The van der Waals surface area contributed by atoms with E-state index in [1.807, 2.05) is 48.5 Å². The van der Waals surface area contributed by atoms with Crippen molar-refractivity contribution in [2.45, 2.75) is 0 Å². The van der Waals surface area contributed by atoms with Crippen LogP contribution in [0.5, 0.6) is 0 Å². The molecule has 0 fully saturated rings. The van der Waals surface area contributed by atoms with Crippen molar-refractivity contribution in [3.05, 3.63) is 53.2 Å². The summed E-state index contributed by atoms with van der Waals surface area (Å²) >= 11 is 4.71. The first-order valence-corrected chi connectivity index (χ1v) is 8.98. The topological polar surface area (TPSA) is 84.9 Å². The normalized spacial score (nSPS) is 11.4. The number of rotatable bonds is 3. The first-order chi connectivity index (χ1) is 12.3. The molecule has 0 aliphatic heterocycles. The van der Waals surface area contributed by atoms with Gasteiger partial charge in [-0.2, -0.15) is 9.61 Å². The van der Waals surface area contributed by atoms with Crippen molar-refractivity contribution in [3.63, 3.8) is 0 Å². The Morgan fingerprint density at radius 2 is 1.96 bits per heavy atom. The van der Waals surface area contributed by atoms with E-state index in [2.05, 4.69) is 41.4 Å². The minimum Gasteiger partial charge on any atom is -0.447 e. The van der Waals surface area contributed by atoms with Gasteiger partial charge in [-0.1, -0.05) is 41.7 Å². The van der Waals surface area contributed by atoms with Gasteiger partial charge in [-0.25, -0.2) is 0 Å². The highest BCUT2D eigenvalue weighted by molar-refractivity contribution is 9.10. The minimum absolute atomic E-state index is 0.609. The Hall–Kier alpha value is -2.78. The second-order valence-electron chi connectivity index (χ2n) is 5.26. The second-order valence-corrected chi connectivity index (χ2v) is 7.00. The van der Waals surface area contributed by atoms with E-state index in [0.29, 0.717) is 21.2 Å². The molecule has 7 nitrogen and oxygen atoms in total. The van der Waals surface area contributed by atoms with E-state index in [0.717, 1.165) is 22.0 Å². The molecule has 0 radical (unpaired) electrons. The Bertz CT molecular complexity index is 1170.